The second-order valence-electron chi connectivity index (χ2n) is 4.68. The molecule has 0 aliphatic heterocycles. The molecule has 0 aromatic carbocycles. The summed E-state index contributed by atoms with van der Waals surface area (Å²) in [6, 6.07) is 0. The van der Waals surface area contributed by atoms with Crippen LogP contribution in [0.3, 0.4) is 0 Å². The van der Waals surface area contributed by atoms with E-state index in [0.717, 1.165) is 4.57 Å². The molecular weight excluding hydrogens is 269 g/mol. The van der Waals surface area contributed by atoms with Crippen LogP contribution in [0.1, 0.15) is 25.6 Å². The van der Waals surface area contributed by atoms with E-state index in [1.165, 1.54) is 27.0 Å². The third-order valence-corrected chi connectivity index (χ3v) is 2.86. The summed E-state index contributed by atoms with van der Waals surface area (Å²) in [5.41, 5.74) is 4.56. The quantitative estimate of drug-likeness (QED) is 0.772. The normalized spacial score (nSPS) is 14.9. The molecule has 0 radical (unpaired) electrons. The summed E-state index contributed by atoms with van der Waals surface area (Å²) in [5.74, 6) is -1.52. The van der Waals surface area contributed by atoms with Crippen molar-refractivity contribution in [1.82, 2.24) is 9.72 Å². The molecule has 2 N–H and O–H groups in total. The molecule has 1 aromatic rings. The maximum absolute atomic E-state index is 13.7. The number of esters is 1. The molecule has 0 unspecified atom stereocenters. The van der Waals surface area contributed by atoms with Crippen LogP contribution in [0.4, 0.5) is 4.39 Å². The van der Waals surface area contributed by atoms with E-state index in [2.05, 4.69) is 14.4 Å². The van der Waals surface area contributed by atoms with E-state index < -0.39 is 23.1 Å². The Labute approximate surface area is 115 Å². The SMILES string of the molecule is COC(=O)[C@@](C)(N)CC/C=C(/F)Cn1c(C)noc1=O. The lowest BCUT2D eigenvalue weighted by atomic mass is 9.97. The molecule has 0 fully saturated rings. The van der Waals surface area contributed by atoms with E-state index >= 15 is 0 Å². The average molecular weight is 287 g/mol. The lowest BCUT2D eigenvalue weighted by Gasteiger charge is -2.20. The summed E-state index contributed by atoms with van der Waals surface area (Å²) in [5, 5.41) is 3.42. The largest absolute Gasteiger partial charge is 0.468 e. The molecule has 0 spiro atoms. The van der Waals surface area contributed by atoms with Gasteiger partial charge in [-0.2, -0.15) is 0 Å². The number of nitrogens with two attached hydrogens (primary N) is 1. The Morgan fingerprint density at radius 3 is 2.80 bits per heavy atom. The number of ether oxygens (including phenoxy) is 1. The van der Waals surface area contributed by atoms with E-state index in [1.54, 1.807) is 0 Å². The van der Waals surface area contributed by atoms with Crippen LogP contribution in [0.5, 0.6) is 0 Å². The van der Waals surface area contributed by atoms with Crippen molar-refractivity contribution < 1.29 is 18.4 Å². The number of hydrogen-bond acceptors (Lipinski definition) is 6. The predicted molar refractivity (Wildman–Crippen MR) is 68.5 cm³/mol. The number of carbonyl (C=O) groups excluding carboxylic acids is 1. The highest BCUT2D eigenvalue weighted by Gasteiger charge is 2.28. The summed E-state index contributed by atoms with van der Waals surface area (Å²) in [7, 11) is 1.24. The van der Waals surface area contributed by atoms with Crippen molar-refractivity contribution in [3.05, 3.63) is 28.3 Å². The van der Waals surface area contributed by atoms with Gasteiger partial charge in [0.2, 0.25) is 0 Å². The first-order valence-electron chi connectivity index (χ1n) is 6.03. The zero-order valence-corrected chi connectivity index (χ0v) is 11.7. The Bertz CT molecular complexity index is 559. The number of hydrogen-bond donors (Lipinski definition) is 1. The fraction of sp³-hybridized carbons (Fsp3) is 0.583. The van der Waals surface area contributed by atoms with Crippen molar-refractivity contribution >= 4 is 5.97 Å². The topological polar surface area (TPSA) is 100 Å². The number of aryl methyl sites for hydroxylation is 1. The number of halogens is 1. The summed E-state index contributed by atoms with van der Waals surface area (Å²) in [6.07, 6.45) is 1.74. The van der Waals surface area contributed by atoms with Gasteiger partial charge in [-0.3, -0.25) is 13.9 Å². The minimum Gasteiger partial charge on any atom is -0.468 e. The Kier molecular flexibility index (Phi) is 5.20. The number of nitrogens with zero attached hydrogens (tertiary/aromatic N) is 2. The molecule has 0 bridgehead atoms. The first kappa shape index (κ1) is 16.1. The van der Waals surface area contributed by atoms with Gasteiger partial charge in [0.05, 0.1) is 13.7 Å². The van der Waals surface area contributed by atoms with Crippen molar-refractivity contribution in [3.8, 4) is 0 Å². The number of allylic oxidation sites excluding steroid dienone is 2. The third kappa shape index (κ3) is 4.02. The van der Waals surface area contributed by atoms with Crippen LogP contribution in [0.25, 0.3) is 0 Å². The molecular formula is C12H18FN3O4. The van der Waals surface area contributed by atoms with Crippen molar-refractivity contribution in [2.45, 2.75) is 38.8 Å². The number of methoxy groups -OCH3 is 1. The van der Waals surface area contributed by atoms with Gasteiger partial charge in [0.15, 0.2) is 5.82 Å². The van der Waals surface area contributed by atoms with E-state index in [1.807, 2.05) is 0 Å². The van der Waals surface area contributed by atoms with Crippen LogP contribution < -0.4 is 11.5 Å². The van der Waals surface area contributed by atoms with Crippen molar-refractivity contribution in [2.75, 3.05) is 7.11 Å². The molecule has 1 atom stereocenters. The van der Waals surface area contributed by atoms with E-state index in [4.69, 9.17) is 5.73 Å². The van der Waals surface area contributed by atoms with Gasteiger partial charge in [-0.25, -0.2) is 9.18 Å². The fourth-order valence-corrected chi connectivity index (χ4v) is 1.59. The maximum Gasteiger partial charge on any atom is 0.441 e. The number of carbonyl (C=O) groups is 1. The van der Waals surface area contributed by atoms with Crippen LogP contribution >= 0.6 is 0 Å². The highest BCUT2D eigenvalue weighted by Crippen LogP contribution is 2.13. The number of aromatic nitrogens is 2. The van der Waals surface area contributed by atoms with Crippen LogP contribution in [-0.2, 0) is 16.1 Å². The molecule has 1 rings (SSSR count). The van der Waals surface area contributed by atoms with Gasteiger partial charge in [-0.15, -0.1) is 0 Å². The van der Waals surface area contributed by atoms with Gasteiger partial charge in [-0.05, 0) is 26.7 Å². The summed E-state index contributed by atoms with van der Waals surface area (Å²) >= 11 is 0. The number of rotatable bonds is 6. The fourth-order valence-electron chi connectivity index (χ4n) is 1.59. The lowest BCUT2D eigenvalue weighted by Crippen LogP contribution is -2.45. The molecule has 8 heteroatoms. The van der Waals surface area contributed by atoms with E-state index in [9.17, 15) is 14.0 Å². The van der Waals surface area contributed by atoms with Gasteiger partial charge in [0, 0.05) is 0 Å². The van der Waals surface area contributed by atoms with Gasteiger partial charge < -0.3 is 10.5 Å². The summed E-state index contributed by atoms with van der Waals surface area (Å²) < 4.78 is 23.7. The Hall–Kier alpha value is -1.96. The smallest absolute Gasteiger partial charge is 0.441 e. The van der Waals surface area contributed by atoms with Crippen LogP contribution in [0.15, 0.2) is 21.2 Å². The average Bonchev–Trinajstić information content (AvgIpc) is 2.69. The zero-order chi connectivity index (χ0) is 15.3. The first-order valence-corrected chi connectivity index (χ1v) is 6.03. The monoisotopic (exact) mass is 287 g/mol. The standard InChI is InChI=1S/C12H18FN3O4/c1-8-15-20-11(18)16(8)7-9(13)5-4-6-12(2,14)10(17)19-3/h5H,4,6-7,14H2,1-3H3/b9-5+/t12-/m0/s1. The van der Waals surface area contributed by atoms with E-state index in [0.29, 0.717) is 0 Å². The molecule has 112 valence electrons. The van der Waals surface area contributed by atoms with Gasteiger partial charge in [0.1, 0.15) is 11.4 Å². The summed E-state index contributed by atoms with van der Waals surface area (Å²) in [4.78, 5) is 22.5. The molecule has 0 aliphatic carbocycles. The highest BCUT2D eigenvalue weighted by molar-refractivity contribution is 5.79. The second kappa shape index (κ2) is 6.47. The molecule has 1 heterocycles. The second-order valence-corrected chi connectivity index (χ2v) is 4.68. The molecule has 0 amide bonds. The van der Waals surface area contributed by atoms with E-state index in [-0.39, 0.29) is 25.2 Å². The Morgan fingerprint density at radius 2 is 2.30 bits per heavy atom. The first-order chi connectivity index (χ1) is 9.27. The molecule has 20 heavy (non-hydrogen) atoms. The Balaban J connectivity index is 2.59. The zero-order valence-electron chi connectivity index (χ0n) is 11.7. The minimum atomic E-state index is -1.17. The highest BCUT2D eigenvalue weighted by atomic mass is 19.1. The van der Waals surface area contributed by atoms with Gasteiger partial charge >= 0.3 is 11.7 Å². The van der Waals surface area contributed by atoms with Crippen LogP contribution in [-0.4, -0.2) is 28.3 Å². The summed E-state index contributed by atoms with van der Waals surface area (Å²) in [6.45, 7) is 2.79. The molecule has 0 saturated carbocycles. The van der Waals surface area contributed by atoms with Crippen molar-refractivity contribution in [3.63, 3.8) is 0 Å². The molecule has 0 aliphatic rings. The minimum absolute atomic E-state index is 0.227. The Morgan fingerprint density at radius 1 is 1.65 bits per heavy atom. The lowest BCUT2D eigenvalue weighted by molar-refractivity contribution is -0.146. The van der Waals surface area contributed by atoms with Crippen LogP contribution in [0, 0.1) is 6.92 Å². The molecule has 7 nitrogen and oxygen atoms in total. The molecule has 1 aromatic heterocycles. The van der Waals surface area contributed by atoms with Crippen molar-refractivity contribution in [1.29, 1.82) is 0 Å². The predicted octanol–water partition coefficient (Wildman–Crippen LogP) is 0.669. The van der Waals surface area contributed by atoms with Crippen LogP contribution in [0.2, 0.25) is 0 Å². The van der Waals surface area contributed by atoms with Gasteiger partial charge in [0.25, 0.3) is 0 Å². The molecule has 0 saturated heterocycles. The van der Waals surface area contributed by atoms with Gasteiger partial charge in [-0.1, -0.05) is 11.2 Å². The maximum atomic E-state index is 13.7. The van der Waals surface area contributed by atoms with Crippen molar-refractivity contribution in [2.24, 2.45) is 5.73 Å². The third-order valence-electron chi connectivity index (χ3n) is 2.86.